The van der Waals surface area contributed by atoms with Crippen molar-refractivity contribution in [2.75, 3.05) is 24.8 Å². The molecule has 3 aromatic heterocycles. The van der Waals surface area contributed by atoms with Crippen molar-refractivity contribution in [3.8, 4) is 11.4 Å². The Hall–Kier alpha value is -4.40. The zero-order chi connectivity index (χ0) is 22.8. The van der Waals surface area contributed by atoms with Gasteiger partial charge in [0.1, 0.15) is 11.6 Å². The second-order valence-corrected chi connectivity index (χ2v) is 7.60. The van der Waals surface area contributed by atoms with E-state index in [2.05, 4.69) is 37.8 Å². The van der Waals surface area contributed by atoms with E-state index in [1.807, 2.05) is 65.8 Å². The van der Waals surface area contributed by atoms with Crippen LogP contribution in [0.15, 0.2) is 67.3 Å². The second kappa shape index (κ2) is 8.62. The van der Waals surface area contributed by atoms with Crippen molar-refractivity contribution in [2.45, 2.75) is 13.5 Å². The van der Waals surface area contributed by atoms with Gasteiger partial charge in [-0.2, -0.15) is 15.1 Å². The second-order valence-electron chi connectivity index (χ2n) is 7.60. The number of methoxy groups -OCH3 is 1. The smallest absolute Gasteiger partial charge is 0.231 e. The van der Waals surface area contributed by atoms with E-state index in [-0.39, 0.29) is 0 Å². The Kier molecular flexibility index (Phi) is 5.35. The van der Waals surface area contributed by atoms with Crippen molar-refractivity contribution >= 4 is 28.5 Å². The predicted octanol–water partition coefficient (Wildman–Crippen LogP) is 4.16. The summed E-state index contributed by atoms with van der Waals surface area (Å²) in [6.07, 6.45) is 5.51. The molecule has 0 aliphatic heterocycles. The number of ether oxygens (including phenoxy) is 1. The van der Waals surface area contributed by atoms with Gasteiger partial charge >= 0.3 is 0 Å². The summed E-state index contributed by atoms with van der Waals surface area (Å²) in [6.45, 7) is 2.57. The van der Waals surface area contributed by atoms with Crippen molar-refractivity contribution in [2.24, 2.45) is 0 Å². The topological polar surface area (TPSA) is 94.7 Å². The highest BCUT2D eigenvalue weighted by Gasteiger charge is 2.14. The van der Waals surface area contributed by atoms with Gasteiger partial charge in [0, 0.05) is 25.0 Å². The number of fused-ring (bicyclic) bond motifs is 1. The summed E-state index contributed by atoms with van der Waals surface area (Å²) in [7, 11) is 3.49. The molecule has 2 aromatic carbocycles. The lowest BCUT2D eigenvalue weighted by Gasteiger charge is -2.13. The van der Waals surface area contributed by atoms with Crippen LogP contribution in [0.2, 0.25) is 0 Å². The summed E-state index contributed by atoms with van der Waals surface area (Å²) in [6, 6.07) is 16.0. The van der Waals surface area contributed by atoms with E-state index in [0.29, 0.717) is 24.1 Å². The summed E-state index contributed by atoms with van der Waals surface area (Å²) in [5, 5.41) is 11.9. The molecule has 0 bridgehead atoms. The average Bonchev–Trinajstić information content (AvgIpc) is 3.45. The van der Waals surface area contributed by atoms with E-state index >= 15 is 0 Å². The molecule has 2 N–H and O–H groups in total. The van der Waals surface area contributed by atoms with Crippen LogP contribution in [0.3, 0.4) is 0 Å². The third kappa shape index (κ3) is 4.08. The van der Waals surface area contributed by atoms with Crippen molar-refractivity contribution in [3.05, 3.63) is 78.5 Å². The van der Waals surface area contributed by atoms with Crippen LogP contribution in [0.4, 0.5) is 17.5 Å². The number of nitrogens with one attached hydrogen (secondary N) is 2. The van der Waals surface area contributed by atoms with Gasteiger partial charge in [-0.15, -0.1) is 0 Å². The monoisotopic (exact) mass is 440 g/mol. The minimum atomic E-state index is 0.468. The lowest BCUT2D eigenvalue weighted by Crippen LogP contribution is -2.06. The molecular weight excluding hydrogens is 416 g/mol. The summed E-state index contributed by atoms with van der Waals surface area (Å²) < 4.78 is 9.43. The van der Waals surface area contributed by atoms with Crippen molar-refractivity contribution in [1.29, 1.82) is 0 Å². The van der Waals surface area contributed by atoms with E-state index in [4.69, 9.17) is 9.72 Å². The molecule has 0 unspecified atom stereocenters. The highest BCUT2D eigenvalue weighted by Crippen LogP contribution is 2.29. The van der Waals surface area contributed by atoms with Gasteiger partial charge in [0.05, 0.1) is 42.9 Å². The van der Waals surface area contributed by atoms with Crippen molar-refractivity contribution in [1.82, 2.24) is 29.3 Å². The van der Waals surface area contributed by atoms with Crippen LogP contribution in [-0.4, -0.2) is 43.5 Å². The van der Waals surface area contributed by atoms with E-state index in [0.717, 1.165) is 33.7 Å². The predicted molar refractivity (Wildman–Crippen MR) is 129 cm³/mol. The maximum atomic E-state index is 5.62. The minimum Gasteiger partial charge on any atom is -0.494 e. The van der Waals surface area contributed by atoms with Gasteiger partial charge in [0.15, 0.2) is 5.65 Å². The highest BCUT2D eigenvalue weighted by atomic mass is 16.5. The van der Waals surface area contributed by atoms with Gasteiger partial charge in [-0.25, -0.2) is 9.67 Å². The first-order valence-electron chi connectivity index (χ1n) is 10.6. The molecule has 9 nitrogen and oxygen atoms in total. The van der Waals surface area contributed by atoms with Gasteiger partial charge in [-0.3, -0.25) is 0 Å². The van der Waals surface area contributed by atoms with Crippen LogP contribution in [0.25, 0.3) is 16.7 Å². The number of hydrogen-bond donors (Lipinski definition) is 2. The Morgan fingerprint density at radius 1 is 1.06 bits per heavy atom. The first-order chi connectivity index (χ1) is 16.1. The van der Waals surface area contributed by atoms with Crippen LogP contribution in [0.5, 0.6) is 5.75 Å². The Balaban J connectivity index is 1.49. The fraction of sp³-hybridized carbons (Fsp3) is 0.167. The number of anilines is 3. The normalized spacial score (nSPS) is 11.0. The lowest BCUT2D eigenvalue weighted by atomic mass is 10.2. The van der Waals surface area contributed by atoms with Crippen LogP contribution in [-0.2, 0) is 6.54 Å². The zero-order valence-corrected chi connectivity index (χ0v) is 18.6. The zero-order valence-electron chi connectivity index (χ0n) is 18.6. The summed E-state index contributed by atoms with van der Waals surface area (Å²) in [5.74, 6) is 1.88. The Bertz CT molecular complexity index is 1410. The molecule has 166 valence electrons. The molecule has 0 saturated carbocycles. The van der Waals surface area contributed by atoms with Crippen LogP contribution in [0, 0.1) is 6.92 Å². The number of imidazole rings is 1. The van der Waals surface area contributed by atoms with Crippen LogP contribution in [0.1, 0.15) is 11.3 Å². The first-order valence-corrected chi connectivity index (χ1v) is 10.6. The summed E-state index contributed by atoms with van der Waals surface area (Å²) in [5.41, 5.74) is 4.54. The van der Waals surface area contributed by atoms with E-state index < -0.39 is 0 Å². The number of aromatic nitrogens is 6. The third-order valence-electron chi connectivity index (χ3n) is 5.33. The molecule has 0 fully saturated rings. The molecule has 0 amide bonds. The quantitative estimate of drug-likeness (QED) is 0.392. The van der Waals surface area contributed by atoms with E-state index in [1.54, 1.807) is 19.6 Å². The van der Waals surface area contributed by atoms with E-state index in [1.165, 1.54) is 0 Å². The van der Waals surface area contributed by atoms with Gasteiger partial charge in [-0.05, 0) is 24.6 Å². The van der Waals surface area contributed by atoms with E-state index in [9.17, 15) is 0 Å². The molecule has 33 heavy (non-hydrogen) atoms. The molecule has 0 spiro atoms. The number of hydrogen-bond acceptors (Lipinski definition) is 7. The lowest BCUT2D eigenvalue weighted by molar-refractivity contribution is 0.413. The molecule has 0 atom stereocenters. The molecule has 9 heteroatoms. The first kappa shape index (κ1) is 20.5. The average molecular weight is 441 g/mol. The van der Waals surface area contributed by atoms with Crippen LogP contribution >= 0.6 is 0 Å². The van der Waals surface area contributed by atoms with Crippen molar-refractivity contribution < 1.29 is 4.74 Å². The molecule has 5 aromatic rings. The maximum Gasteiger partial charge on any atom is 0.231 e. The Morgan fingerprint density at radius 2 is 1.91 bits per heavy atom. The molecule has 0 radical (unpaired) electrons. The van der Waals surface area contributed by atoms with Crippen molar-refractivity contribution in [3.63, 3.8) is 0 Å². The standard InChI is InChI=1S/C24H24N8O/c1-16-13-31(15-26-16)20-10-9-18(11-21(20)33-3)28-24-29-22(25-2)19-12-27-32(23(19)30-24)14-17-7-5-4-6-8-17/h4-13,15H,14H2,1-3H3,(H2,25,28,29,30). The molecular formula is C24H24N8O. The van der Waals surface area contributed by atoms with Gasteiger partial charge in [0.25, 0.3) is 0 Å². The maximum absolute atomic E-state index is 5.62. The number of aryl methyl sites for hydroxylation is 1. The number of nitrogens with zero attached hydrogens (tertiary/aromatic N) is 6. The number of rotatable bonds is 7. The molecule has 3 heterocycles. The third-order valence-corrected chi connectivity index (χ3v) is 5.33. The van der Waals surface area contributed by atoms with Gasteiger partial charge in [-0.1, -0.05) is 30.3 Å². The van der Waals surface area contributed by atoms with Crippen LogP contribution < -0.4 is 15.4 Å². The molecule has 0 saturated heterocycles. The minimum absolute atomic E-state index is 0.468. The fourth-order valence-corrected chi connectivity index (χ4v) is 3.72. The van der Waals surface area contributed by atoms with Gasteiger partial charge < -0.3 is 19.9 Å². The Morgan fingerprint density at radius 3 is 2.64 bits per heavy atom. The molecule has 0 aliphatic carbocycles. The largest absolute Gasteiger partial charge is 0.494 e. The molecule has 0 aliphatic rings. The summed E-state index contributed by atoms with van der Waals surface area (Å²) in [4.78, 5) is 13.7. The molecule has 5 rings (SSSR count). The Labute approximate surface area is 191 Å². The SMILES string of the molecule is CNc1nc(Nc2ccc(-n3cnc(C)c3)c(OC)c2)nc2c1cnn2Cc1ccccc1. The highest BCUT2D eigenvalue weighted by molar-refractivity contribution is 5.87. The number of benzene rings is 2. The van der Waals surface area contributed by atoms with Gasteiger partial charge in [0.2, 0.25) is 5.95 Å². The summed E-state index contributed by atoms with van der Waals surface area (Å²) >= 11 is 0. The fourth-order valence-electron chi connectivity index (χ4n) is 3.72.